The average Bonchev–Trinajstić information content (AvgIpc) is 2.73. The lowest BCUT2D eigenvalue weighted by Crippen LogP contribution is -2.01. The van der Waals surface area contributed by atoms with Crippen LogP contribution in [0.4, 0.5) is 0 Å². The van der Waals surface area contributed by atoms with Crippen LogP contribution in [-0.2, 0) is 13.6 Å². The van der Waals surface area contributed by atoms with Crippen molar-refractivity contribution < 1.29 is 4.74 Å². The van der Waals surface area contributed by atoms with Gasteiger partial charge in [0.05, 0.1) is 11.3 Å². The minimum absolute atomic E-state index is 0.396. The smallest absolute Gasteiger partial charge is 0.222 e. The van der Waals surface area contributed by atoms with Crippen molar-refractivity contribution in [3.8, 4) is 11.6 Å². The molecule has 20 heavy (non-hydrogen) atoms. The molecule has 0 aliphatic rings. The van der Waals surface area contributed by atoms with E-state index in [-0.39, 0.29) is 0 Å². The Kier molecular flexibility index (Phi) is 3.12. The van der Waals surface area contributed by atoms with Crippen molar-refractivity contribution in [2.75, 3.05) is 0 Å². The van der Waals surface area contributed by atoms with Crippen LogP contribution in [0.2, 0.25) is 0 Å². The van der Waals surface area contributed by atoms with Crippen LogP contribution in [0.1, 0.15) is 11.3 Å². The third kappa shape index (κ3) is 2.02. The second kappa shape index (κ2) is 4.94. The van der Waals surface area contributed by atoms with E-state index < -0.39 is 0 Å². The molecule has 1 aromatic carbocycles. The first kappa shape index (κ1) is 12.6. The van der Waals surface area contributed by atoms with Gasteiger partial charge in [0.2, 0.25) is 5.88 Å². The van der Waals surface area contributed by atoms with Gasteiger partial charge in [-0.1, -0.05) is 18.2 Å². The summed E-state index contributed by atoms with van der Waals surface area (Å²) in [6.07, 6.45) is 1.76. The van der Waals surface area contributed by atoms with Crippen LogP contribution in [0.15, 0.2) is 36.5 Å². The molecule has 0 bridgehead atoms. The number of ether oxygens (including phenoxy) is 1. The third-order valence-corrected chi connectivity index (χ3v) is 3.30. The number of para-hydroxylation sites is 1. The number of hydrogen-bond acceptors (Lipinski definition) is 4. The maximum Gasteiger partial charge on any atom is 0.222 e. The minimum atomic E-state index is 0.396. The highest BCUT2D eigenvalue weighted by Crippen LogP contribution is 2.31. The molecule has 0 saturated carbocycles. The van der Waals surface area contributed by atoms with E-state index in [2.05, 4.69) is 10.1 Å². The number of aryl methyl sites for hydroxylation is 2. The molecule has 3 rings (SSSR count). The van der Waals surface area contributed by atoms with Gasteiger partial charge in [-0.3, -0.25) is 4.98 Å². The second-order valence-electron chi connectivity index (χ2n) is 4.63. The molecule has 2 N–H and O–H groups in total. The van der Waals surface area contributed by atoms with E-state index in [4.69, 9.17) is 10.5 Å². The highest BCUT2D eigenvalue weighted by molar-refractivity contribution is 5.84. The summed E-state index contributed by atoms with van der Waals surface area (Å²) in [5, 5.41) is 5.39. The molecule has 0 amide bonds. The number of aromatic nitrogens is 3. The highest BCUT2D eigenvalue weighted by Gasteiger charge is 2.15. The van der Waals surface area contributed by atoms with E-state index in [1.165, 1.54) is 0 Å². The van der Waals surface area contributed by atoms with E-state index in [9.17, 15) is 0 Å². The molecule has 0 fully saturated rings. The summed E-state index contributed by atoms with van der Waals surface area (Å²) in [5.41, 5.74) is 8.42. The number of nitrogens with zero attached hydrogens (tertiary/aromatic N) is 3. The van der Waals surface area contributed by atoms with E-state index >= 15 is 0 Å². The topological polar surface area (TPSA) is 66.0 Å². The van der Waals surface area contributed by atoms with Gasteiger partial charge in [0.1, 0.15) is 5.52 Å². The van der Waals surface area contributed by atoms with Crippen LogP contribution in [-0.4, -0.2) is 14.8 Å². The van der Waals surface area contributed by atoms with Gasteiger partial charge in [-0.2, -0.15) is 5.10 Å². The van der Waals surface area contributed by atoms with Gasteiger partial charge in [0.15, 0.2) is 5.75 Å². The Labute approximate surface area is 117 Å². The van der Waals surface area contributed by atoms with Crippen molar-refractivity contribution in [3.05, 3.63) is 47.8 Å². The highest BCUT2D eigenvalue weighted by atomic mass is 16.5. The molecule has 0 spiro atoms. The van der Waals surface area contributed by atoms with Gasteiger partial charge >= 0.3 is 0 Å². The van der Waals surface area contributed by atoms with Crippen LogP contribution in [0.25, 0.3) is 10.9 Å². The van der Waals surface area contributed by atoms with Crippen molar-refractivity contribution in [2.45, 2.75) is 13.5 Å². The fourth-order valence-corrected chi connectivity index (χ4v) is 2.31. The number of nitrogens with two attached hydrogens (primary N) is 1. The Morgan fingerprint density at radius 1 is 1.25 bits per heavy atom. The molecule has 3 aromatic rings. The lowest BCUT2D eigenvalue weighted by Gasteiger charge is -2.09. The number of benzene rings is 1. The standard InChI is InChI=1S/C15H16N4O/c1-10-12(9-16)15(19(2)18-10)20-13-7-3-5-11-6-4-8-17-14(11)13/h3-8H,9,16H2,1-2H3. The third-order valence-electron chi connectivity index (χ3n) is 3.30. The summed E-state index contributed by atoms with van der Waals surface area (Å²) >= 11 is 0. The van der Waals surface area contributed by atoms with Gasteiger partial charge in [-0.25, -0.2) is 4.68 Å². The maximum absolute atomic E-state index is 6.02. The number of pyridine rings is 1. The zero-order valence-electron chi connectivity index (χ0n) is 11.5. The van der Waals surface area contributed by atoms with E-state index in [0.29, 0.717) is 18.2 Å². The predicted molar refractivity (Wildman–Crippen MR) is 77.7 cm³/mol. The van der Waals surface area contributed by atoms with Crippen LogP contribution < -0.4 is 10.5 Å². The fraction of sp³-hybridized carbons (Fsp3) is 0.200. The van der Waals surface area contributed by atoms with Gasteiger partial charge in [0.25, 0.3) is 0 Å². The molecule has 0 atom stereocenters. The summed E-state index contributed by atoms with van der Waals surface area (Å²) in [5.74, 6) is 1.38. The molecule has 5 heteroatoms. The van der Waals surface area contributed by atoms with Gasteiger partial charge < -0.3 is 10.5 Å². The lowest BCUT2D eigenvalue weighted by molar-refractivity contribution is 0.429. The largest absolute Gasteiger partial charge is 0.437 e. The Morgan fingerprint density at radius 2 is 2.05 bits per heavy atom. The number of fused-ring (bicyclic) bond motifs is 1. The molecule has 5 nitrogen and oxygen atoms in total. The summed E-state index contributed by atoms with van der Waals surface area (Å²) in [7, 11) is 1.85. The maximum atomic E-state index is 6.02. The Balaban J connectivity index is 2.10. The summed E-state index contributed by atoms with van der Waals surface area (Å²) < 4.78 is 7.73. The van der Waals surface area contributed by atoms with E-state index in [0.717, 1.165) is 22.2 Å². The van der Waals surface area contributed by atoms with Gasteiger partial charge in [-0.05, 0) is 19.1 Å². The van der Waals surface area contributed by atoms with E-state index in [1.807, 2.05) is 44.3 Å². The quantitative estimate of drug-likeness (QED) is 0.792. The molecule has 102 valence electrons. The summed E-state index contributed by atoms with van der Waals surface area (Å²) in [6.45, 7) is 2.32. The fourth-order valence-electron chi connectivity index (χ4n) is 2.31. The average molecular weight is 268 g/mol. The molecule has 2 heterocycles. The van der Waals surface area contributed by atoms with Crippen LogP contribution in [0.3, 0.4) is 0 Å². The molecular formula is C15H16N4O. The normalized spacial score (nSPS) is 10.9. The second-order valence-corrected chi connectivity index (χ2v) is 4.63. The Bertz CT molecular complexity index is 758. The molecule has 0 radical (unpaired) electrons. The lowest BCUT2D eigenvalue weighted by atomic mass is 10.2. The minimum Gasteiger partial charge on any atom is -0.437 e. The SMILES string of the molecule is Cc1nn(C)c(Oc2cccc3cccnc23)c1CN. The van der Waals surface area contributed by atoms with Crippen molar-refractivity contribution in [2.24, 2.45) is 12.8 Å². The molecule has 0 saturated heterocycles. The first-order valence-corrected chi connectivity index (χ1v) is 6.45. The predicted octanol–water partition coefficient (Wildman–Crippen LogP) is 2.53. The summed E-state index contributed by atoms with van der Waals surface area (Å²) in [4.78, 5) is 4.38. The zero-order chi connectivity index (χ0) is 14.1. The van der Waals surface area contributed by atoms with Crippen molar-refractivity contribution in [1.82, 2.24) is 14.8 Å². The number of rotatable bonds is 3. The van der Waals surface area contributed by atoms with Gasteiger partial charge in [-0.15, -0.1) is 0 Å². The van der Waals surface area contributed by atoms with Crippen molar-refractivity contribution in [1.29, 1.82) is 0 Å². The monoisotopic (exact) mass is 268 g/mol. The number of hydrogen-bond donors (Lipinski definition) is 1. The Morgan fingerprint density at radius 3 is 2.85 bits per heavy atom. The van der Waals surface area contributed by atoms with E-state index in [1.54, 1.807) is 10.9 Å². The van der Waals surface area contributed by atoms with Crippen molar-refractivity contribution >= 4 is 10.9 Å². The molecule has 0 aliphatic heterocycles. The first-order chi connectivity index (χ1) is 9.70. The summed E-state index contributed by atoms with van der Waals surface area (Å²) in [6, 6.07) is 9.77. The molecule has 2 aromatic heterocycles. The molecule has 0 aliphatic carbocycles. The molecule has 0 unspecified atom stereocenters. The van der Waals surface area contributed by atoms with Gasteiger partial charge in [0, 0.05) is 25.2 Å². The van der Waals surface area contributed by atoms with Crippen LogP contribution >= 0.6 is 0 Å². The Hall–Kier alpha value is -2.40. The zero-order valence-corrected chi connectivity index (χ0v) is 11.5. The molecular weight excluding hydrogens is 252 g/mol. The van der Waals surface area contributed by atoms with Crippen LogP contribution in [0, 0.1) is 6.92 Å². The van der Waals surface area contributed by atoms with Crippen LogP contribution in [0.5, 0.6) is 11.6 Å². The van der Waals surface area contributed by atoms with Crippen molar-refractivity contribution in [3.63, 3.8) is 0 Å². The first-order valence-electron chi connectivity index (χ1n) is 6.45.